The highest BCUT2D eigenvalue weighted by molar-refractivity contribution is 7.89. The molecule has 1 aliphatic heterocycles. The van der Waals surface area contributed by atoms with E-state index in [1.54, 1.807) is 4.31 Å². The molecule has 0 atom stereocenters. The third kappa shape index (κ3) is 5.15. The van der Waals surface area contributed by atoms with E-state index in [1.807, 2.05) is 20.9 Å². The van der Waals surface area contributed by atoms with Crippen molar-refractivity contribution in [3.8, 4) is 0 Å². The monoisotopic (exact) mass is 400 g/mol. The van der Waals surface area contributed by atoms with Crippen LogP contribution in [-0.2, 0) is 14.8 Å². The van der Waals surface area contributed by atoms with Crippen LogP contribution in [0.4, 0.5) is 0 Å². The van der Waals surface area contributed by atoms with Gasteiger partial charge in [0, 0.05) is 39.8 Å². The van der Waals surface area contributed by atoms with E-state index in [0.29, 0.717) is 31.6 Å². The van der Waals surface area contributed by atoms with Crippen molar-refractivity contribution in [3.63, 3.8) is 0 Å². The lowest BCUT2D eigenvalue weighted by Gasteiger charge is -2.44. The minimum Gasteiger partial charge on any atom is -0.378 e. The molecule has 0 bridgehead atoms. The molecule has 7 nitrogen and oxygen atoms in total. The van der Waals surface area contributed by atoms with Gasteiger partial charge in [-0.1, -0.05) is 6.42 Å². The zero-order valence-corrected chi connectivity index (χ0v) is 17.9. The van der Waals surface area contributed by atoms with Gasteiger partial charge in [-0.25, -0.2) is 8.42 Å². The topological polar surface area (TPSA) is 74.2 Å². The smallest absolute Gasteiger partial charge is 0.216 e. The Balaban J connectivity index is 1.45. The maximum atomic E-state index is 12.5. The number of nitrogens with zero attached hydrogens (tertiary/aromatic N) is 3. The number of hydrogen-bond acceptors (Lipinski definition) is 4. The van der Waals surface area contributed by atoms with Crippen molar-refractivity contribution in [1.29, 1.82) is 0 Å². The van der Waals surface area contributed by atoms with Gasteiger partial charge in [-0.2, -0.15) is 4.31 Å². The molecule has 0 aromatic rings. The average Bonchev–Trinajstić information content (AvgIpc) is 3.42. The maximum absolute atomic E-state index is 12.5. The SMILES string of the molecule is CN=C(NCC1(C2CC2)CCC1)N1CCN(S(=O)(=O)CCOC(C)C)CC1. The fourth-order valence-corrected chi connectivity index (χ4v) is 5.62. The first kappa shape index (κ1) is 20.9. The fraction of sp³-hybridized carbons (Fsp3) is 0.947. The highest BCUT2D eigenvalue weighted by Crippen LogP contribution is 2.56. The van der Waals surface area contributed by atoms with Gasteiger partial charge in [-0.05, 0) is 50.9 Å². The molecule has 8 heteroatoms. The standard InChI is InChI=1S/C19H36N4O3S/c1-16(2)26-13-14-27(24,25)23-11-9-22(10-12-23)18(20-3)21-15-19(7-4-8-19)17-5-6-17/h16-17H,4-15H2,1-3H3,(H,20,21). The lowest BCUT2D eigenvalue weighted by molar-refractivity contribution is 0.0904. The summed E-state index contributed by atoms with van der Waals surface area (Å²) in [6, 6.07) is 0. The van der Waals surface area contributed by atoms with Gasteiger partial charge in [0.1, 0.15) is 0 Å². The van der Waals surface area contributed by atoms with Crippen LogP contribution in [-0.4, -0.2) is 81.8 Å². The molecule has 0 aromatic carbocycles. The Morgan fingerprint density at radius 3 is 2.37 bits per heavy atom. The molecule has 3 aliphatic rings. The summed E-state index contributed by atoms with van der Waals surface area (Å²) in [4.78, 5) is 6.64. The number of rotatable bonds is 8. The Morgan fingerprint density at radius 1 is 1.22 bits per heavy atom. The molecule has 1 heterocycles. The summed E-state index contributed by atoms with van der Waals surface area (Å²) >= 11 is 0. The molecular weight excluding hydrogens is 364 g/mol. The minimum absolute atomic E-state index is 0.0565. The van der Waals surface area contributed by atoms with Crippen LogP contribution in [0.1, 0.15) is 46.0 Å². The van der Waals surface area contributed by atoms with E-state index in [-0.39, 0.29) is 18.5 Å². The van der Waals surface area contributed by atoms with E-state index in [1.165, 1.54) is 32.1 Å². The Kier molecular flexibility index (Phi) is 6.69. The van der Waals surface area contributed by atoms with Crippen molar-refractivity contribution in [2.24, 2.45) is 16.3 Å². The molecule has 156 valence electrons. The van der Waals surface area contributed by atoms with Crippen molar-refractivity contribution in [2.45, 2.75) is 52.1 Å². The largest absolute Gasteiger partial charge is 0.378 e. The zero-order valence-electron chi connectivity index (χ0n) is 17.1. The predicted molar refractivity (Wildman–Crippen MR) is 108 cm³/mol. The van der Waals surface area contributed by atoms with Crippen molar-refractivity contribution in [3.05, 3.63) is 0 Å². The van der Waals surface area contributed by atoms with E-state index in [9.17, 15) is 8.42 Å². The second kappa shape index (κ2) is 8.66. The molecule has 0 radical (unpaired) electrons. The molecule has 3 fully saturated rings. The molecule has 0 amide bonds. The predicted octanol–water partition coefficient (Wildman–Crippen LogP) is 1.51. The number of guanidine groups is 1. The lowest BCUT2D eigenvalue weighted by Crippen LogP contribution is -2.56. The molecule has 2 aliphatic carbocycles. The van der Waals surface area contributed by atoms with E-state index < -0.39 is 10.0 Å². The first-order chi connectivity index (χ1) is 12.9. The Labute approximate surface area is 164 Å². The lowest BCUT2D eigenvalue weighted by atomic mass is 9.65. The summed E-state index contributed by atoms with van der Waals surface area (Å²) in [5, 5.41) is 3.59. The maximum Gasteiger partial charge on any atom is 0.216 e. The third-order valence-corrected chi connectivity index (χ3v) is 8.16. The second-order valence-corrected chi connectivity index (χ2v) is 10.6. The van der Waals surface area contributed by atoms with Gasteiger partial charge >= 0.3 is 0 Å². The van der Waals surface area contributed by atoms with Crippen molar-refractivity contribution in [1.82, 2.24) is 14.5 Å². The number of piperazine rings is 1. The Morgan fingerprint density at radius 2 is 1.89 bits per heavy atom. The van der Waals surface area contributed by atoms with Crippen molar-refractivity contribution >= 4 is 16.0 Å². The highest BCUT2D eigenvalue weighted by Gasteiger charge is 2.49. The van der Waals surface area contributed by atoms with Crippen LogP contribution in [0.5, 0.6) is 0 Å². The summed E-state index contributed by atoms with van der Waals surface area (Å²) in [6.07, 6.45) is 6.86. The number of sulfonamides is 1. The van der Waals surface area contributed by atoms with Crippen molar-refractivity contribution < 1.29 is 13.2 Å². The zero-order chi connectivity index (χ0) is 19.5. The summed E-state index contributed by atoms with van der Waals surface area (Å²) < 4.78 is 32.0. The molecule has 1 N–H and O–H groups in total. The van der Waals surface area contributed by atoms with E-state index in [4.69, 9.17) is 4.74 Å². The van der Waals surface area contributed by atoms with Gasteiger partial charge in [0.15, 0.2) is 5.96 Å². The molecule has 2 saturated carbocycles. The van der Waals surface area contributed by atoms with Crippen LogP contribution in [0.2, 0.25) is 0 Å². The fourth-order valence-electron chi connectivity index (χ4n) is 4.34. The number of hydrogen-bond donors (Lipinski definition) is 1. The molecule has 3 rings (SSSR count). The van der Waals surface area contributed by atoms with E-state index in [0.717, 1.165) is 18.4 Å². The van der Waals surface area contributed by atoms with Gasteiger partial charge in [-0.3, -0.25) is 4.99 Å². The first-order valence-electron chi connectivity index (χ1n) is 10.4. The summed E-state index contributed by atoms with van der Waals surface area (Å²) in [6.45, 7) is 7.49. The number of aliphatic imine (C=N–C) groups is 1. The van der Waals surface area contributed by atoms with Crippen LogP contribution in [0.25, 0.3) is 0 Å². The van der Waals surface area contributed by atoms with Crippen LogP contribution < -0.4 is 5.32 Å². The quantitative estimate of drug-likeness (QED) is 0.494. The molecule has 0 aromatic heterocycles. The molecule has 0 spiro atoms. The van der Waals surface area contributed by atoms with E-state index in [2.05, 4.69) is 15.2 Å². The first-order valence-corrected chi connectivity index (χ1v) is 12.0. The summed E-state index contributed by atoms with van der Waals surface area (Å²) in [7, 11) is -1.43. The summed E-state index contributed by atoms with van der Waals surface area (Å²) in [5.41, 5.74) is 0.498. The Hall–Kier alpha value is -0.860. The second-order valence-electron chi connectivity index (χ2n) is 8.51. The van der Waals surface area contributed by atoms with Gasteiger partial charge in [0.2, 0.25) is 10.0 Å². The molecule has 1 saturated heterocycles. The average molecular weight is 401 g/mol. The van der Waals surface area contributed by atoms with Crippen LogP contribution in [0.3, 0.4) is 0 Å². The number of ether oxygens (including phenoxy) is 1. The van der Waals surface area contributed by atoms with Crippen molar-refractivity contribution in [2.75, 3.05) is 52.1 Å². The van der Waals surface area contributed by atoms with Gasteiger partial charge < -0.3 is 15.0 Å². The van der Waals surface area contributed by atoms with Crippen LogP contribution >= 0.6 is 0 Å². The molecule has 0 unspecified atom stereocenters. The normalized spacial score (nSPS) is 24.1. The minimum atomic E-state index is -3.25. The Bertz CT molecular complexity index is 619. The van der Waals surface area contributed by atoms with E-state index >= 15 is 0 Å². The third-order valence-electron chi connectivity index (χ3n) is 6.33. The molecule has 27 heavy (non-hydrogen) atoms. The van der Waals surface area contributed by atoms with Gasteiger partial charge in [-0.15, -0.1) is 0 Å². The van der Waals surface area contributed by atoms with Gasteiger partial charge in [0.25, 0.3) is 0 Å². The molecular formula is C19H36N4O3S. The van der Waals surface area contributed by atoms with Gasteiger partial charge in [0.05, 0.1) is 18.5 Å². The number of nitrogens with one attached hydrogen (secondary N) is 1. The highest BCUT2D eigenvalue weighted by atomic mass is 32.2. The van der Waals surface area contributed by atoms with Crippen LogP contribution in [0, 0.1) is 11.3 Å². The van der Waals surface area contributed by atoms with Crippen LogP contribution in [0.15, 0.2) is 4.99 Å². The summed E-state index contributed by atoms with van der Waals surface area (Å²) in [5.74, 6) is 1.89.